The van der Waals surface area contributed by atoms with Crippen LogP contribution in [0.1, 0.15) is 84.8 Å². The topological polar surface area (TPSA) is 38.5 Å². The summed E-state index contributed by atoms with van der Waals surface area (Å²) in [5.41, 5.74) is 3.38. The van der Waals surface area contributed by atoms with Gasteiger partial charge in [0.15, 0.2) is 5.75 Å². The van der Waals surface area contributed by atoms with E-state index in [4.69, 9.17) is 9.88 Å². The van der Waals surface area contributed by atoms with Crippen LogP contribution < -0.4 is 14.8 Å². The quantitative estimate of drug-likeness (QED) is 0.340. The summed E-state index contributed by atoms with van der Waals surface area (Å²) in [7, 11) is 0. The highest BCUT2D eigenvalue weighted by Gasteiger charge is 2.18. The number of aryl methyl sites for hydroxylation is 1. The molecule has 0 aromatic heterocycles. The Morgan fingerprint density at radius 3 is 1.94 bits per heavy atom. The number of hydrogen-bond acceptors (Lipinski definition) is 4. The molecule has 0 bridgehead atoms. The summed E-state index contributed by atoms with van der Waals surface area (Å²) in [4.78, 5) is 3.37. The van der Waals surface area contributed by atoms with Gasteiger partial charge in [-0.2, -0.15) is 0 Å². The van der Waals surface area contributed by atoms with E-state index in [9.17, 15) is 0 Å². The van der Waals surface area contributed by atoms with E-state index in [0.29, 0.717) is 0 Å². The first kappa shape index (κ1) is 30.1. The molecule has 2 aromatic carbocycles. The third kappa shape index (κ3) is 10.6. The Morgan fingerprint density at radius 1 is 0.969 bits per heavy atom. The van der Waals surface area contributed by atoms with Crippen LogP contribution in [0.25, 0.3) is 6.08 Å². The molecule has 0 saturated heterocycles. The van der Waals surface area contributed by atoms with Crippen LogP contribution in [0, 0.1) is 6.92 Å². The van der Waals surface area contributed by atoms with Gasteiger partial charge in [0, 0.05) is 13.1 Å². The number of unbranched alkanes of at least 4 members (excludes halogenated alkanes) is 2. The lowest BCUT2D eigenvalue weighted by molar-refractivity contribution is 0.468. The minimum absolute atomic E-state index is 0.828. The van der Waals surface area contributed by atoms with Crippen molar-refractivity contribution < 1.29 is 4.74 Å². The lowest BCUT2D eigenvalue weighted by Gasteiger charge is -2.28. The average Bonchev–Trinajstić information content (AvgIpc) is 2.82. The number of anilines is 1. The van der Waals surface area contributed by atoms with E-state index in [0.717, 1.165) is 66.4 Å². The molecule has 2 aromatic rings. The third-order valence-corrected chi connectivity index (χ3v) is 5.12. The molecular formula is C28H46N2OS. The molecule has 32 heavy (non-hydrogen) atoms. The number of rotatable bonds is 11. The van der Waals surface area contributed by atoms with E-state index in [1.165, 1.54) is 23.9 Å². The van der Waals surface area contributed by atoms with Gasteiger partial charge in [0.1, 0.15) is 5.75 Å². The van der Waals surface area contributed by atoms with Crippen molar-refractivity contribution in [1.29, 1.82) is 0 Å². The van der Waals surface area contributed by atoms with E-state index >= 15 is 0 Å². The predicted molar refractivity (Wildman–Crippen MR) is 147 cm³/mol. The van der Waals surface area contributed by atoms with Crippen molar-refractivity contribution >= 4 is 23.7 Å². The van der Waals surface area contributed by atoms with E-state index in [2.05, 4.69) is 64.3 Å². The monoisotopic (exact) mass is 458 g/mol. The number of nitrogens with two attached hydrogens (primary N) is 1. The average molecular weight is 459 g/mol. The van der Waals surface area contributed by atoms with Gasteiger partial charge in [0.2, 0.25) is 0 Å². The lowest BCUT2D eigenvalue weighted by atomic mass is 10.1. The van der Waals surface area contributed by atoms with Gasteiger partial charge >= 0.3 is 0 Å². The van der Waals surface area contributed by atoms with Crippen LogP contribution in [0.15, 0.2) is 47.9 Å². The minimum Gasteiger partial charge on any atom is -0.454 e. The highest BCUT2D eigenvalue weighted by Crippen LogP contribution is 2.41. The lowest BCUT2D eigenvalue weighted by Crippen LogP contribution is -2.26. The fourth-order valence-electron chi connectivity index (χ4n) is 2.93. The standard InChI is InChI=1S/C23H32N2OS.C3H8.C2H6/c1-5-8-14-25(15-9-6-2)21-16-19(7-3)17-22(27-24)23(21)26-20-12-10-18(4)11-13-20;1-3-2;1-2/h7,10-13,16-17H,3,5-6,8-9,14-15,24H2,1-2,4H3;3H2,1-2H3;1-2H3. The highest BCUT2D eigenvalue weighted by molar-refractivity contribution is 7.97. The molecule has 0 aliphatic carbocycles. The van der Waals surface area contributed by atoms with Crippen LogP contribution in [-0.2, 0) is 0 Å². The van der Waals surface area contributed by atoms with Crippen LogP contribution in [0.3, 0.4) is 0 Å². The van der Waals surface area contributed by atoms with Gasteiger partial charge in [0.05, 0.1) is 10.6 Å². The van der Waals surface area contributed by atoms with Crippen molar-refractivity contribution in [2.24, 2.45) is 5.14 Å². The largest absolute Gasteiger partial charge is 0.454 e. The summed E-state index contributed by atoms with van der Waals surface area (Å²) >= 11 is 1.23. The fraction of sp³-hybridized carbons (Fsp3) is 0.500. The normalized spacial score (nSPS) is 9.75. The van der Waals surface area contributed by atoms with Gasteiger partial charge in [0.25, 0.3) is 0 Å². The molecule has 0 radical (unpaired) electrons. The number of hydrogen-bond donors (Lipinski definition) is 1. The third-order valence-electron chi connectivity index (χ3n) is 4.57. The molecule has 2 N–H and O–H groups in total. The molecule has 0 fully saturated rings. The van der Waals surface area contributed by atoms with Gasteiger partial charge in [-0.1, -0.05) is 91.2 Å². The van der Waals surface area contributed by atoms with Crippen molar-refractivity contribution in [3.8, 4) is 11.5 Å². The Kier molecular flexibility index (Phi) is 17.5. The van der Waals surface area contributed by atoms with Gasteiger partial charge in [-0.3, -0.25) is 5.14 Å². The van der Waals surface area contributed by atoms with Crippen molar-refractivity contribution in [2.75, 3.05) is 18.0 Å². The molecule has 0 unspecified atom stereocenters. The van der Waals surface area contributed by atoms with Crippen molar-refractivity contribution in [3.05, 3.63) is 54.1 Å². The zero-order valence-corrected chi connectivity index (χ0v) is 22.4. The van der Waals surface area contributed by atoms with Gasteiger partial charge < -0.3 is 9.64 Å². The van der Waals surface area contributed by atoms with E-state index in [1.54, 1.807) is 0 Å². The highest BCUT2D eigenvalue weighted by atomic mass is 32.2. The summed E-state index contributed by atoms with van der Waals surface area (Å²) in [6, 6.07) is 12.4. The minimum atomic E-state index is 0.828. The maximum atomic E-state index is 6.35. The zero-order valence-electron chi connectivity index (χ0n) is 21.5. The maximum absolute atomic E-state index is 6.35. The van der Waals surface area contributed by atoms with Gasteiger partial charge in [-0.15, -0.1) is 0 Å². The molecule has 0 heterocycles. The summed E-state index contributed by atoms with van der Waals surface area (Å²) < 4.78 is 6.35. The molecule has 3 nitrogen and oxygen atoms in total. The fourth-order valence-corrected chi connectivity index (χ4v) is 3.38. The Morgan fingerprint density at radius 2 is 1.50 bits per heavy atom. The second-order valence-corrected chi connectivity index (χ2v) is 8.18. The Hall–Kier alpha value is -1.91. The first-order valence-corrected chi connectivity index (χ1v) is 13.1. The Bertz CT molecular complexity index is 736. The molecule has 0 amide bonds. The van der Waals surface area contributed by atoms with Gasteiger partial charge in [-0.05, 0) is 61.5 Å². The molecule has 0 spiro atoms. The molecular weight excluding hydrogens is 412 g/mol. The van der Waals surface area contributed by atoms with Crippen LogP contribution in [0.2, 0.25) is 0 Å². The van der Waals surface area contributed by atoms with E-state index in [1.807, 2.05) is 38.1 Å². The van der Waals surface area contributed by atoms with Crippen molar-refractivity contribution in [3.63, 3.8) is 0 Å². The second-order valence-electron chi connectivity index (χ2n) is 7.51. The molecule has 2 rings (SSSR count). The maximum Gasteiger partial charge on any atom is 0.165 e. The molecule has 0 aliphatic rings. The first-order valence-electron chi connectivity index (χ1n) is 12.2. The molecule has 180 valence electrons. The SMILES string of the molecule is C=Cc1cc(SN)c(Oc2ccc(C)cc2)c(N(CCCC)CCCC)c1.CC.CCC. The van der Waals surface area contributed by atoms with Gasteiger partial charge in [-0.25, -0.2) is 0 Å². The first-order chi connectivity index (χ1) is 15.5. The number of ether oxygens (including phenoxy) is 1. The summed E-state index contributed by atoms with van der Waals surface area (Å²) in [5.74, 6) is 1.67. The summed E-state index contributed by atoms with van der Waals surface area (Å²) in [6.45, 7) is 20.7. The molecule has 0 saturated carbocycles. The summed E-state index contributed by atoms with van der Waals surface area (Å²) in [6.07, 6.45) is 7.75. The Balaban J connectivity index is 0.00000177. The molecule has 0 atom stereocenters. The second kappa shape index (κ2) is 18.6. The van der Waals surface area contributed by atoms with Crippen LogP contribution in [-0.4, -0.2) is 13.1 Å². The van der Waals surface area contributed by atoms with Crippen molar-refractivity contribution in [2.45, 2.75) is 85.5 Å². The van der Waals surface area contributed by atoms with Crippen molar-refractivity contribution in [1.82, 2.24) is 0 Å². The molecule has 4 heteroatoms. The van der Waals surface area contributed by atoms with Crippen LogP contribution in [0.5, 0.6) is 11.5 Å². The zero-order chi connectivity index (χ0) is 24.4. The number of nitrogens with zero attached hydrogens (tertiary/aromatic N) is 1. The predicted octanol–water partition coefficient (Wildman–Crippen LogP) is 9.25. The van der Waals surface area contributed by atoms with E-state index < -0.39 is 0 Å². The van der Waals surface area contributed by atoms with E-state index in [-0.39, 0.29) is 0 Å². The summed E-state index contributed by atoms with van der Waals surface area (Å²) in [5, 5.41) is 6.01. The Labute approximate surface area is 202 Å². The number of benzene rings is 2. The van der Waals surface area contributed by atoms with Crippen LogP contribution >= 0.6 is 11.9 Å². The smallest absolute Gasteiger partial charge is 0.165 e. The molecule has 0 aliphatic heterocycles. The van der Waals surface area contributed by atoms with Crippen LogP contribution in [0.4, 0.5) is 5.69 Å².